The van der Waals surface area contributed by atoms with Crippen LogP contribution in [-0.4, -0.2) is 96.7 Å². The first-order valence-electron chi connectivity index (χ1n) is 37.5. The van der Waals surface area contributed by atoms with Crippen molar-refractivity contribution in [3.63, 3.8) is 0 Å². The van der Waals surface area contributed by atoms with E-state index in [0.717, 1.165) is 102 Å². The maximum atomic E-state index is 13.0. The molecule has 19 heteroatoms. The average molecular weight is 1340 g/mol. The molecule has 0 rings (SSSR count). The van der Waals surface area contributed by atoms with E-state index < -0.39 is 97.5 Å². The number of hydrogen-bond acceptors (Lipinski definition) is 15. The van der Waals surface area contributed by atoms with Gasteiger partial charge >= 0.3 is 39.5 Å². The molecule has 0 aromatic rings. The van der Waals surface area contributed by atoms with Gasteiger partial charge in [0.05, 0.1) is 26.4 Å². The normalized spacial score (nSPS) is 14.4. The second kappa shape index (κ2) is 64.1. The van der Waals surface area contributed by atoms with E-state index in [0.29, 0.717) is 25.7 Å². The van der Waals surface area contributed by atoms with E-state index >= 15 is 0 Å². The highest BCUT2D eigenvalue weighted by atomic mass is 31.2. The standard InChI is InChI=1S/C72H140O17P2/c1-7-10-12-14-16-28-36-42-48-54-69(74)82-60-67(88-71(76)56-50-44-38-29-17-15-13-11-8-2)62-86-90(78,79)84-58-66(73)59-85-91(80,81)87-63-68(61-83-70(75)55-49-43-37-32-26-23-22-24-30-34-40-46-52-64(4)5)89-72(77)57-51-45-39-33-27-21-19-18-20-25-31-35-41-47-53-65(6)9-3/h64-68,73H,7-63H2,1-6H3,(H,78,79)(H,80,81)/t65?,66-,67+,68+/m0/s1. The largest absolute Gasteiger partial charge is 0.472 e. The third-order valence-electron chi connectivity index (χ3n) is 17.1. The third kappa shape index (κ3) is 65.1. The Morgan fingerprint density at radius 3 is 0.835 bits per heavy atom. The number of unbranched alkanes of at least 4 members (excludes halogenated alkanes) is 40. The van der Waals surface area contributed by atoms with Crippen LogP contribution < -0.4 is 0 Å². The number of ether oxygens (including phenoxy) is 4. The highest BCUT2D eigenvalue weighted by molar-refractivity contribution is 7.47. The summed E-state index contributed by atoms with van der Waals surface area (Å²) in [6, 6.07) is 0. The van der Waals surface area contributed by atoms with E-state index in [2.05, 4.69) is 41.5 Å². The molecule has 0 heterocycles. The molecule has 0 radical (unpaired) electrons. The molecular weight excluding hydrogens is 1200 g/mol. The second-order valence-electron chi connectivity index (χ2n) is 26.7. The fraction of sp³-hybridized carbons (Fsp3) is 0.944. The van der Waals surface area contributed by atoms with Gasteiger partial charge in [0.15, 0.2) is 12.2 Å². The molecule has 0 saturated heterocycles. The fourth-order valence-electron chi connectivity index (χ4n) is 10.9. The lowest BCUT2D eigenvalue weighted by atomic mass is 9.99. The van der Waals surface area contributed by atoms with Crippen LogP contribution in [0.2, 0.25) is 0 Å². The van der Waals surface area contributed by atoms with Crippen molar-refractivity contribution in [2.75, 3.05) is 39.6 Å². The Balaban J connectivity index is 5.21. The van der Waals surface area contributed by atoms with E-state index in [1.54, 1.807) is 0 Å². The quantitative estimate of drug-likeness (QED) is 0.0222. The molecule has 0 bridgehead atoms. The topological polar surface area (TPSA) is 237 Å². The first-order valence-corrected chi connectivity index (χ1v) is 40.5. The molecular formula is C72H140O17P2. The Morgan fingerprint density at radius 1 is 0.319 bits per heavy atom. The van der Waals surface area contributed by atoms with Crippen LogP contribution in [0.25, 0.3) is 0 Å². The number of aliphatic hydroxyl groups excluding tert-OH is 1. The zero-order valence-electron chi connectivity index (χ0n) is 59.1. The summed E-state index contributed by atoms with van der Waals surface area (Å²) in [6.45, 7) is 9.60. The second-order valence-corrected chi connectivity index (χ2v) is 29.6. The molecule has 0 aromatic carbocycles. The number of carbonyl (C=O) groups excluding carboxylic acids is 4. The summed E-state index contributed by atoms with van der Waals surface area (Å²) in [7, 11) is -9.90. The van der Waals surface area contributed by atoms with Crippen molar-refractivity contribution in [3.8, 4) is 0 Å². The van der Waals surface area contributed by atoms with Gasteiger partial charge < -0.3 is 33.8 Å². The molecule has 0 aliphatic rings. The Hall–Kier alpha value is -1.94. The number of phosphoric ester groups is 2. The van der Waals surface area contributed by atoms with Crippen LogP contribution in [0.3, 0.4) is 0 Å². The van der Waals surface area contributed by atoms with Crippen molar-refractivity contribution in [3.05, 3.63) is 0 Å². The number of hydrogen-bond donors (Lipinski definition) is 3. The summed E-state index contributed by atoms with van der Waals surface area (Å²) in [5.74, 6) is -0.495. The fourth-order valence-corrected chi connectivity index (χ4v) is 12.5. The maximum Gasteiger partial charge on any atom is 0.472 e. The SMILES string of the molecule is CCCCCCCCCCCC(=O)OC[C@H](COP(=O)(O)OC[C@H](O)COP(=O)(O)OC[C@@H](COC(=O)CCCCCCCCCCCCCCC(C)C)OC(=O)CCCCCCCCCCCCCCCCC(C)CC)OC(=O)CCCCCCCCCCC. The van der Waals surface area contributed by atoms with Crippen LogP contribution in [-0.2, 0) is 65.4 Å². The van der Waals surface area contributed by atoms with Crippen LogP contribution >= 0.6 is 15.6 Å². The van der Waals surface area contributed by atoms with Crippen molar-refractivity contribution >= 4 is 39.5 Å². The maximum absolute atomic E-state index is 13.0. The molecule has 0 spiro atoms. The van der Waals surface area contributed by atoms with Gasteiger partial charge in [0, 0.05) is 25.7 Å². The summed E-state index contributed by atoms with van der Waals surface area (Å²) in [5, 5.41) is 10.6. The molecule has 0 aliphatic heterocycles. The summed E-state index contributed by atoms with van der Waals surface area (Å²) in [4.78, 5) is 72.5. The smallest absolute Gasteiger partial charge is 0.462 e. The number of aliphatic hydroxyl groups is 1. The molecule has 3 unspecified atom stereocenters. The Kier molecular flexibility index (Phi) is 62.7. The van der Waals surface area contributed by atoms with Crippen LogP contribution in [0, 0.1) is 11.8 Å². The van der Waals surface area contributed by atoms with Gasteiger partial charge in [0.1, 0.15) is 19.3 Å². The molecule has 0 amide bonds. The Labute approximate surface area is 556 Å². The number of esters is 4. The minimum atomic E-state index is -4.95. The predicted octanol–water partition coefficient (Wildman–Crippen LogP) is 20.8. The van der Waals surface area contributed by atoms with Gasteiger partial charge in [-0.2, -0.15) is 0 Å². The molecule has 0 fully saturated rings. The van der Waals surface area contributed by atoms with Gasteiger partial charge in [-0.25, -0.2) is 9.13 Å². The first kappa shape index (κ1) is 89.1. The molecule has 540 valence electrons. The average Bonchev–Trinajstić information content (AvgIpc) is 3.34. The lowest BCUT2D eigenvalue weighted by Crippen LogP contribution is -2.30. The lowest BCUT2D eigenvalue weighted by molar-refractivity contribution is -0.161. The minimum absolute atomic E-state index is 0.106. The summed E-state index contributed by atoms with van der Waals surface area (Å²) in [5.41, 5.74) is 0. The lowest BCUT2D eigenvalue weighted by Gasteiger charge is -2.21. The van der Waals surface area contributed by atoms with E-state index in [1.165, 1.54) is 186 Å². The summed E-state index contributed by atoms with van der Waals surface area (Å²) >= 11 is 0. The van der Waals surface area contributed by atoms with E-state index in [4.69, 9.17) is 37.0 Å². The summed E-state index contributed by atoms with van der Waals surface area (Å²) < 4.78 is 68.3. The van der Waals surface area contributed by atoms with Crippen LogP contribution in [0.1, 0.15) is 369 Å². The summed E-state index contributed by atoms with van der Waals surface area (Å²) in [6.07, 6.45) is 49.9. The van der Waals surface area contributed by atoms with Crippen molar-refractivity contribution < 1.29 is 80.2 Å². The molecule has 0 saturated carbocycles. The van der Waals surface area contributed by atoms with Crippen molar-refractivity contribution in [2.24, 2.45) is 11.8 Å². The van der Waals surface area contributed by atoms with Gasteiger partial charge in [0.25, 0.3) is 0 Å². The molecule has 91 heavy (non-hydrogen) atoms. The molecule has 6 atom stereocenters. The highest BCUT2D eigenvalue weighted by Crippen LogP contribution is 2.45. The van der Waals surface area contributed by atoms with Crippen LogP contribution in [0.15, 0.2) is 0 Å². The van der Waals surface area contributed by atoms with Crippen molar-refractivity contribution in [2.45, 2.75) is 387 Å². The van der Waals surface area contributed by atoms with Crippen molar-refractivity contribution in [1.29, 1.82) is 0 Å². The van der Waals surface area contributed by atoms with E-state index in [9.17, 15) is 43.2 Å². The van der Waals surface area contributed by atoms with E-state index in [1.807, 2.05) is 0 Å². The molecule has 0 aliphatic carbocycles. The zero-order chi connectivity index (χ0) is 67.2. The number of carbonyl (C=O) groups is 4. The van der Waals surface area contributed by atoms with Gasteiger partial charge in [-0.1, -0.05) is 318 Å². The Bertz CT molecular complexity index is 1770. The first-order chi connectivity index (χ1) is 43.9. The van der Waals surface area contributed by atoms with Gasteiger partial charge in [-0.3, -0.25) is 37.3 Å². The van der Waals surface area contributed by atoms with E-state index in [-0.39, 0.29) is 25.7 Å². The minimum Gasteiger partial charge on any atom is -0.462 e. The number of rotatable bonds is 71. The Morgan fingerprint density at radius 2 is 0.560 bits per heavy atom. The molecule has 3 N–H and O–H groups in total. The highest BCUT2D eigenvalue weighted by Gasteiger charge is 2.30. The van der Waals surface area contributed by atoms with Crippen LogP contribution in [0.5, 0.6) is 0 Å². The van der Waals surface area contributed by atoms with Gasteiger partial charge in [0.2, 0.25) is 0 Å². The number of phosphoric acid groups is 2. The van der Waals surface area contributed by atoms with Gasteiger partial charge in [-0.05, 0) is 37.5 Å². The predicted molar refractivity (Wildman–Crippen MR) is 368 cm³/mol. The monoisotopic (exact) mass is 1340 g/mol. The molecule has 0 aromatic heterocycles. The van der Waals surface area contributed by atoms with Gasteiger partial charge in [-0.15, -0.1) is 0 Å². The third-order valence-corrected chi connectivity index (χ3v) is 19.0. The van der Waals surface area contributed by atoms with Crippen molar-refractivity contribution in [1.82, 2.24) is 0 Å². The molecule has 17 nitrogen and oxygen atoms in total. The van der Waals surface area contributed by atoms with Crippen LogP contribution in [0.4, 0.5) is 0 Å². The zero-order valence-corrected chi connectivity index (χ0v) is 60.9.